The minimum absolute atomic E-state index is 0.130. The van der Waals surface area contributed by atoms with Crippen LogP contribution in [0.2, 0.25) is 0 Å². The van der Waals surface area contributed by atoms with E-state index in [9.17, 15) is 4.79 Å². The van der Waals surface area contributed by atoms with Gasteiger partial charge in [0.15, 0.2) is 18.0 Å². The van der Waals surface area contributed by atoms with Crippen molar-refractivity contribution < 1.29 is 19.2 Å². The number of benzene rings is 3. The van der Waals surface area contributed by atoms with Gasteiger partial charge in [-0.1, -0.05) is 60.7 Å². The zero-order valence-electron chi connectivity index (χ0n) is 18.5. The van der Waals surface area contributed by atoms with E-state index in [2.05, 4.69) is 24.3 Å². The summed E-state index contributed by atoms with van der Waals surface area (Å²) in [7, 11) is 5.30. The average molecular weight is 420 g/mol. The molecule has 1 N–H and O–H groups in total. The van der Waals surface area contributed by atoms with Crippen molar-refractivity contribution in [3.8, 4) is 11.5 Å². The van der Waals surface area contributed by atoms with E-state index in [1.165, 1.54) is 0 Å². The van der Waals surface area contributed by atoms with Crippen LogP contribution in [0.5, 0.6) is 11.5 Å². The second kappa shape index (κ2) is 11.2. The van der Waals surface area contributed by atoms with E-state index in [-0.39, 0.29) is 5.91 Å². The van der Waals surface area contributed by atoms with Gasteiger partial charge < -0.3 is 19.3 Å². The minimum Gasteiger partial charge on any atom is -0.493 e. The summed E-state index contributed by atoms with van der Waals surface area (Å²) < 4.78 is 10.7. The molecule has 0 aliphatic heterocycles. The maximum absolute atomic E-state index is 13.2. The van der Waals surface area contributed by atoms with Crippen LogP contribution < -0.4 is 14.4 Å². The van der Waals surface area contributed by atoms with Crippen molar-refractivity contribution in [2.24, 2.45) is 0 Å². The van der Waals surface area contributed by atoms with Gasteiger partial charge in [0.05, 0.1) is 21.3 Å². The molecule has 1 amide bonds. The van der Waals surface area contributed by atoms with Crippen molar-refractivity contribution in [1.82, 2.24) is 4.90 Å². The summed E-state index contributed by atoms with van der Waals surface area (Å²) in [6.45, 7) is 2.32. The molecule has 1 atom stereocenters. The molecule has 162 valence electrons. The molecule has 3 aromatic carbocycles. The summed E-state index contributed by atoms with van der Waals surface area (Å²) in [6, 6.07) is 26.2. The third-order valence-electron chi connectivity index (χ3n) is 5.19. The molecule has 0 saturated carbocycles. The third kappa shape index (κ3) is 6.59. The quantitative estimate of drug-likeness (QED) is 0.550. The predicted molar refractivity (Wildman–Crippen MR) is 122 cm³/mol. The van der Waals surface area contributed by atoms with Gasteiger partial charge in [-0.3, -0.25) is 4.79 Å². The molecule has 5 nitrogen and oxygen atoms in total. The van der Waals surface area contributed by atoms with Crippen molar-refractivity contribution >= 4 is 5.91 Å². The average Bonchev–Trinajstić information content (AvgIpc) is 2.79. The first-order valence-electron chi connectivity index (χ1n) is 10.5. The Balaban J connectivity index is 1.68. The SMILES string of the molecule is COc1ccc(C[NH+](C)CC(=O)N(Cc2ccccc2)Cc2ccccc2)cc1OC. The second-order valence-corrected chi connectivity index (χ2v) is 7.72. The fraction of sp³-hybridized carbons (Fsp3) is 0.269. The van der Waals surface area contributed by atoms with Crippen LogP contribution in [0.4, 0.5) is 0 Å². The summed E-state index contributed by atoms with van der Waals surface area (Å²) in [5.74, 6) is 1.54. The number of carbonyl (C=O) groups is 1. The van der Waals surface area contributed by atoms with E-state index in [1.54, 1.807) is 14.2 Å². The monoisotopic (exact) mass is 419 g/mol. The highest BCUT2D eigenvalue weighted by Gasteiger charge is 2.19. The van der Waals surface area contributed by atoms with Gasteiger partial charge in [-0.15, -0.1) is 0 Å². The molecule has 3 rings (SSSR count). The van der Waals surface area contributed by atoms with Crippen molar-refractivity contribution in [2.45, 2.75) is 19.6 Å². The van der Waals surface area contributed by atoms with Crippen LogP contribution in [-0.2, 0) is 24.4 Å². The maximum Gasteiger partial charge on any atom is 0.278 e. The maximum atomic E-state index is 13.2. The Kier molecular flexibility index (Phi) is 8.07. The molecule has 5 heteroatoms. The predicted octanol–water partition coefficient (Wildman–Crippen LogP) is 2.95. The van der Waals surface area contributed by atoms with Gasteiger partial charge in [0.25, 0.3) is 5.91 Å². The number of carbonyl (C=O) groups excluding carboxylic acids is 1. The summed E-state index contributed by atoms with van der Waals surface area (Å²) in [5, 5.41) is 0. The Labute approximate surface area is 184 Å². The van der Waals surface area contributed by atoms with Gasteiger partial charge in [-0.25, -0.2) is 0 Å². The van der Waals surface area contributed by atoms with Gasteiger partial charge in [0.1, 0.15) is 6.54 Å². The lowest BCUT2D eigenvalue weighted by Crippen LogP contribution is -3.08. The van der Waals surface area contributed by atoms with Crippen LogP contribution in [0.3, 0.4) is 0 Å². The number of rotatable bonds is 10. The molecule has 0 fully saturated rings. The zero-order chi connectivity index (χ0) is 22.1. The smallest absolute Gasteiger partial charge is 0.278 e. The molecule has 0 aliphatic rings. The van der Waals surface area contributed by atoms with Crippen LogP contribution in [0, 0.1) is 0 Å². The molecule has 0 radical (unpaired) electrons. The van der Waals surface area contributed by atoms with Crippen molar-refractivity contribution in [3.63, 3.8) is 0 Å². The van der Waals surface area contributed by atoms with Crippen molar-refractivity contribution in [1.29, 1.82) is 0 Å². The summed E-state index contributed by atoms with van der Waals surface area (Å²) in [4.78, 5) is 16.3. The molecule has 0 aromatic heterocycles. The van der Waals surface area contributed by atoms with Gasteiger partial charge in [-0.2, -0.15) is 0 Å². The first-order chi connectivity index (χ1) is 15.1. The lowest BCUT2D eigenvalue weighted by atomic mass is 10.1. The molecule has 0 spiro atoms. The molecular weight excluding hydrogens is 388 g/mol. The fourth-order valence-corrected chi connectivity index (χ4v) is 3.61. The first kappa shape index (κ1) is 22.4. The third-order valence-corrected chi connectivity index (χ3v) is 5.19. The molecule has 0 bridgehead atoms. The van der Waals surface area contributed by atoms with E-state index < -0.39 is 0 Å². The highest BCUT2D eigenvalue weighted by molar-refractivity contribution is 5.77. The molecule has 3 aromatic rings. The molecule has 1 unspecified atom stereocenters. The number of nitrogens with zero attached hydrogens (tertiary/aromatic N) is 1. The van der Waals surface area contributed by atoms with E-state index in [0.717, 1.165) is 28.1 Å². The Morgan fingerprint density at radius 3 is 1.84 bits per heavy atom. The Morgan fingerprint density at radius 1 is 0.774 bits per heavy atom. The number of nitrogens with one attached hydrogen (secondary N) is 1. The van der Waals surface area contributed by atoms with E-state index in [0.29, 0.717) is 31.1 Å². The largest absolute Gasteiger partial charge is 0.493 e. The van der Waals surface area contributed by atoms with Gasteiger partial charge >= 0.3 is 0 Å². The number of ether oxygens (including phenoxy) is 2. The number of amides is 1. The Hall–Kier alpha value is -3.31. The van der Waals surface area contributed by atoms with Gasteiger partial charge in [0, 0.05) is 18.7 Å². The summed E-state index contributed by atoms with van der Waals surface area (Å²) in [5.41, 5.74) is 3.36. The highest BCUT2D eigenvalue weighted by atomic mass is 16.5. The van der Waals surface area contributed by atoms with Crippen LogP contribution in [0.1, 0.15) is 16.7 Å². The van der Waals surface area contributed by atoms with Crippen molar-refractivity contribution in [3.05, 3.63) is 95.6 Å². The standard InChI is InChI=1S/C26H30N2O3/c1-27(17-23-14-15-24(30-2)25(16-23)31-3)20-26(29)28(18-21-10-6-4-7-11-21)19-22-12-8-5-9-13-22/h4-16H,17-20H2,1-3H3/p+1. The van der Waals surface area contributed by atoms with E-state index in [1.807, 2.05) is 66.5 Å². The van der Waals surface area contributed by atoms with Crippen LogP contribution in [-0.4, -0.2) is 38.6 Å². The molecule has 31 heavy (non-hydrogen) atoms. The number of likely N-dealkylation sites (N-methyl/N-ethyl adjacent to an activating group) is 1. The number of methoxy groups -OCH3 is 2. The van der Waals surface area contributed by atoms with Crippen LogP contribution >= 0.6 is 0 Å². The summed E-state index contributed by atoms with van der Waals surface area (Å²) >= 11 is 0. The number of hydrogen-bond acceptors (Lipinski definition) is 3. The molecule has 0 aliphatic carbocycles. The van der Waals surface area contributed by atoms with E-state index in [4.69, 9.17) is 9.47 Å². The first-order valence-corrected chi connectivity index (χ1v) is 10.5. The van der Waals surface area contributed by atoms with Gasteiger partial charge in [0.2, 0.25) is 0 Å². The van der Waals surface area contributed by atoms with E-state index >= 15 is 0 Å². The topological polar surface area (TPSA) is 43.2 Å². The molecule has 0 saturated heterocycles. The molecule has 0 heterocycles. The number of hydrogen-bond donors (Lipinski definition) is 1. The second-order valence-electron chi connectivity index (χ2n) is 7.72. The highest BCUT2D eigenvalue weighted by Crippen LogP contribution is 2.27. The van der Waals surface area contributed by atoms with Crippen LogP contribution in [0.25, 0.3) is 0 Å². The van der Waals surface area contributed by atoms with Gasteiger partial charge in [-0.05, 0) is 29.3 Å². The Bertz CT molecular complexity index is 919. The lowest BCUT2D eigenvalue weighted by Gasteiger charge is -2.25. The molecular formula is C26H31N2O3+. The lowest BCUT2D eigenvalue weighted by molar-refractivity contribution is -0.885. The van der Waals surface area contributed by atoms with Crippen LogP contribution in [0.15, 0.2) is 78.9 Å². The zero-order valence-corrected chi connectivity index (χ0v) is 18.5. The Morgan fingerprint density at radius 2 is 1.32 bits per heavy atom. The fourth-order valence-electron chi connectivity index (χ4n) is 3.61. The summed E-state index contributed by atoms with van der Waals surface area (Å²) in [6.07, 6.45) is 0. The minimum atomic E-state index is 0.130. The number of quaternary nitrogens is 1. The van der Waals surface area contributed by atoms with Crippen molar-refractivity contribution in [2.75, 3.05) is 27.8 Å². The normalized spacial score (nSPS) is 11.6.